The fraction of sp³-hybridized carbons (Fsp3) is 0.231. The van der Waals surface area contributed by atoms with Gasteiger partial charge in [0, 0.05) is 0 Å². The van der Waals surface area contributed by atoms with E-state index in [2.05, 4.69) is 4.72 Å². The molecule has 1 aromatic carbocycles. The molecule has 0 saturated carbocycles. The Morgan fingerprint density at radius 1 is 1.32 bits per heavy atom. The summed E-state index contributed by atoms with van der Waals surface area (Å²) in [7, 11) is -3.58. The van der Waals surface area contributed by atoms with E-state index in [9.17, 15) is 8.42 Å². The maximum absolute atomic E-state index is 12.2. The minimum Gasteiger partial charge on any atom is -0.392 e. The van der Waals surface area contributed by atoms with Crippen molar-refractivity contribution in [2.75, 3.05) is 4.72 Å². The molecule has 0 unspecified atom stereocenters. The number of rotatable bonds is 5. The highest BCUT2D eigenvalue weighted by molar-refractivity contribution is 7.94. The van der Waals surface area contributed by atoms with Crippen LogP contribution in [0.1, 0.15) is 18.1 Å². The van der Waals surface area contributed by atoms with Crippen LogP contribution in [0.5, 0.6) is 0 Å². The number of thiophene rings is 1. The summed E-state index contributed by atoms with van der Waals surface area (Å²) in [5.74, 6) is 0. The van der Waals surface area contributed by atoms with Crippen molar-refractivity contribution in [3.63, 3.8) is 0 Å². The highest BCUT2D eigenvalue weighted by atomic mass is 32.2. The van der Waals surface area contributed by atoms with E-state index in [1.807, 2.05) is 19.1 Å². The molecule has 19 heavy (non-hydrogen) atoms. The second kappa shape index (κ2) is 5.73. The number of hydrogen-bond donors (Lipinski definition) is 2. The lowest BCUT2D eigenvalue weighted by atomic mass is 10.1. The Balaban J connectivity index is 2.31. The zero-order valence-electron chi connectivity index (χ0n) is 10.5. The summed E-state index contributed by atoms with van der Waals surface area (Å²) in [6.45, 7) is 1.82. The lowest BCUT2D eigenvalue weighted by molar-refractivity contribution is 0.282. The molecule has 0 aliphatic heterocycles. The normalized spacial score (nSPS) is 11.5. The molecule has 6 heteroatoms. The van der Waals surface area contributed by atoms with Crippen molar-refractivity contribution in [3.8, 4) is 0 Å². The van der Waals surface area contributed by atoms with Gasteiger partial charge in [-0.25, -0.2) is 8.42 Å². The van der Waals surface area contributed by atoms with Crippen molar-refractivity contribution < 1.29 is 13.5 Å². The molecule has 0 saturated heterocycles. The third-order valence-electron chi connectivity index (χ3n) is 2.72. The topological polar surface area (TPSA) is 66.4 Å². The molecule has 0 aliphatic carbocycles. The molecule has 0 aliphatic rings. The predicted molar refractivity (Wildman–Crippen MR) is 76.9 cm³/mol. The van der Waals surface area contributed by atoms with Gasteiger partial charge in [0.1, 0.15) is 4.21 Å². The van der Waals surface area contributed by atoms with Crippen molar-refractivity contribution in [1.29, 1.82) is 0 Å². The van der Waals surface area contributed by atoms with E-state index < -0.39 is 10.0 Å². The summed E-state index contributed by atoms with van der Waals surface area (Å²) in [6.07, 6.45) is 0.755. The summed E-state index contributed by atoms with van der Waals surface area (Å²) < 4.78 is 27.2. The number of sulfonamides is 1. The number of anilines is 1. The molecular weight excluding hydrogens is 282 g/mol. The summed E-state index contributed by atoms with van der Waals surface area (Å²) in [5, 5.41) is 10.6. The molecule has 0 spiro atoms. The lowest BCUT2D eigenvalue weighted by Crippen LogP contribution is -2.12. The van der Waals surface area contributed by atoms with Gasteiger partial charge in [-0.3, -0.25) is 4.72 Å². The van der Waals surface area contributed by atoms with Gasteiger partial charge in [-0.2, -0.15) is 0 Å². The SMILES string of the molecule is CCc1ccccc1NS(=O)(=O)c1cc(CO)cs1. The molecule has 0 atom stereocenters. The first-order chi connectivity index (χ1) is 9.06. The Labute approximate surface area is 116 Å². The third-order valence-corrected chi connectivity index (χ3v) is 5.57. The smallest absolute Gasteiger partial charge is 0.271 e. The zero-order valence-corrected chi connectivity index (χ0v) is 12.1. The highest BCUT2D eigenvalue weighted by Gasteiger charge is 2.17. The fourth-order valence-corrected chi connectivity index (χ4v) is 4.00. The van der Waals surface area contributed by atoms with Crippen LogP contribution >= 0.6 is 11.3 Å². The molecule has 1 heterocycles. The van der Waals surface area contributed by atoms with Gasteiger partial charge in [0.05, 0.1) is 12.3 Å². The number of aryl methyl sites for hydroxylation is 1. The van der Waals surface area contributed by atoms with Crippen LogP contribution < -0.4 is 4.72 Å². The Morgan fingerprint density at radius 2 is 2.05 bits per heavy atom. The van der Waals surface area contributed by atoms with E-state index in [1.165, 1.54) is 6.07 Å². The van der Waals surface area contributed by atoms with Gasteiger partial charge in [0.2, 0.25) is 0 Å². The number of aliphatic hydroxyl groups excluding tert-OH is 1. The Kier molecular flexibility index (Phi) is 4.24. The fourth-order valence-electron chi connectivity index (χ4n) is 1.70. The van der Waals surface area contributed by atoms with Gasteiger partial charge in [-0.1, -0.05) is 25.1 Å². The zero-order chi connectivity index (χ0) is 13.9. The first kappa shape index (κ1) is 14.0. The van der Waals surface area contributed by atoms with E-state index in [1.54, 1.807) is 17.5 Å². The van der Waals surface area contributed by atoms with Crippen LogP contribution in [0, 0.1) is 0 Å². The minimum absolute atomic E-state index is 0.155. The molecule has 2 aromatic rings. The standard InChI is InChI=1S/C13H15NO3S2/c1-2-11-5-3-4-6-12(11)14-19(16,17)13-7-10(8-15)9-18-13/h3-7,9,14-15H,2,8H2,1H3. The van der Waals surface area contributed by atoms with E-state index in [0.717, 1.165) is 23.3 Å². The lowest BCUT2D eigenvalue weighted by Gasteiger charge is -2.10. The van der Waals surface area contributed by atoms with Crippen molar-refractivity contribution in [2.24, 2.45) is 0 Å². The largest absolute Gasteiger partial charge is 0.392 e. The van der Waals surface area contributed by atoms with Gasteiger partial charge in [0.15, 0.2) is 0 Å². The van der Waals surface area contributed by atoms with E-state index >= 15 is 0 Å². The van der Waals surface area contributed by atoms with Crippen molar-refractivity contribution in [1.82, 2.24) is 0 Å². The molecule has 1 aromatic heterocycles. The molecule has 0 amide bonds. The highest BCUT2D eigenvalue weighted by Crippen LogP contribution is 2.25. The Hall–Kier alpha value is -1.37. The summed E-state index contributed by atoms with van der Waals surface area (Å²) in [4.78, 5) is 0. The number of aliphatic hydroxyl groups is 1. The van der Waals surface area contributed by atoms with Gasteiger partial charge in [0.25, 0.3) is 10.0 Å². The molecular formula is C13H15NO3S2. The third kappa shape index (κ3) is 3.15. The summed E-state index contributed by atoms with van der Waals surface area (Å²) in [6, 6.07) is 8.81. The molecule has 4 nitrogen and oxygen atoms in total. The van der Waals surface area contributed by atoms with Gasteiger partial charge < -0.3 is 5.11 Å². The molecule has 2 N–H and O–H groups in total. The first-order valence-electron chi connectivity index (χ1n) is 5.86. The summed E-state index contributed by atoms with van der Waals surface area (Å²) in [5.41, 5.74) is 2.16. The average molecular weight is 297 g/mol. The van der Waals surface area contributed by atoms with Crippen LogP contribution in [0.25, 0.3) is 0 Å². The maximum atomic E-state index is 12.2. The van der Waals surface area contributed by atoms with E-state index in [0.29, 0.717) is 11.3 Å². The van der Waals surface area contributed by atoms with E-state index in [-0.39, 0.29) is 10.8 Å². The van der Waals surface area contributed by atoms with Crippen LogP contribution in [0.15, 0.2) is 39.9 Å². The number of nitrogens with one attached hydrogen (secondary N) is 1. The summed E-state index contributed by atoms with van der Waals surface area (Å²) >= 11 is 1.10. The second-order valence-electron chi connectivity index (χ2n) is 4.05. The van der Waals surface area contributed by atoms with Crippen molar-refractivity contribution in [2.45, 2.75) is 24.2 Å². The minimum atomic E-state index is -3.58. The van der Waals surface area contributed by atoms with Crippen LogP contribution in [0.4, 0.5) is 5.69 Å². The quantitative estimate of drug-likeness (QED) is 0.891. The second-order valence-corrected chi connectivity index (χ2v) is 6.87. The van der Waals surface area contributed by atoms with Gasteiger partial charge in [-0.15, -0.1) is 11.3 Å². The van der Waals surface area contributed by atoms with E-state index in [4.69, 9.17) is 5.11 Å². The molecule has 0 bridgehead atoms. The maximum Gasteiger partial charge on any atom is 0.271 e. The van der Waals surface area contributed by atoms with Crippen molar-refractivity contribution in [3.05, 3.63) is 46.8 Å². The monoisotopic (exact) mass is 297 g/mol. The van der Waals surface area contributed by atoms with Gasteiger partial charge >= 0.3 is 0 Å². The predicted octanol–water partition coefficient (Wildman–Crippen LogP) is 2.60. The van der Waals surface area contributed by atoms with Crippen LogP contribution in [0.3, 0.4) is 0 Å². The van der Waals surface area contributed by atoms with Crippen LogP contribution in [0.2, 0.25) is 0 Å². The van der Waals surface area contributed by atoms with Crippen LogP contribution in [-0.4, -0.2) is 13.5 Å². The van der Waals surface area contributed by atoms with Crippen LogP contribution in [-0.2, 0) is 23.1 Å². The first-order valence-corrected chi connectivity index (χ1v) is 8.22. The molecule has 102 valence electrons. The number of hydrogen-bond acceptors (Lipinski definition) is 4. The molecule has 2 rings (SSSR count). The number of para-hydroxylation sites is 1. The van der Waals surface area contributed by atoms with Crippen molar-refractivity contribution >= 4 is 27.0 Å². The Morgan fingerprint density at radius 3 is 2.68 bits per heavy atom. The number of benzene rings is 1. The molecule has 0 fully saturated rings. The Bertz CT molecular complexity index is 662. The average Bonchev–Trinajstić information content (AvgIpc) is 2.88. The van der Waals surface area contributed by atoms with Gasteiger partial charge in [-0.05, 0) is 35.1 Å². The molecule has 0 radical (unpaired) electrons.